The van der Waals surface area contributed by atoms with Gasteiger partial charge in [0.05, 0.1) is 0 Å². The Balaban J connectivity index is 2.43. The second-order valence-corrected chi connectivity index (χ2v) is 5.47. The van der Waals surface area contributed by atoms with Crippen LogP contribution in [0.15, 0.2) is 16.6 Å². The van der Waals surface area contributed by atoms with Gasteiger partial charge < -0.3 is 15.2 Å². The Hall–Kier alpha value is -1.61. The van der Waals surface area contributed by atoms with Crippen molar-refractivity contribution in [1.29, 1.82) is 0 Å². The van der Waals surface area contributed by atoms with Gasteiger partial charge in [-0.2, -0.15) is 9.38 Å². The summed E-state index contributed by atoms with van der Waals surface area (Å²) < 4.78 is 1.36. The molecule has 0 amide bonds. The van der Waals surface area contributed by atoms with Crippen molar-refractivity contribution in [3.05, 3.63) is 21.7 Å². The largest absolute Gasteiger partial charge is 0.480 e. The highest BCUT2D eigenvalue weighted by molar-refractivity contribution is 8.00. The lowest BCUT2D eigenvalue weighted by Crippen LogP contribution is -2.15. The Kier molecular flexibility index (Phi) is 3.53. The first-order valence-corrected chi connectivity index (χ1v) is 6.80. The smallest absolute Gasteiger partial charge is 0.362 e. The number of carbonyl (C=O) groups is 1. The van der Waals surface area contributed by atoms with E-state index >= 15 is 0 Å². The first kappa shape index (κ1) is 12.8. The Morgan fingerprint density at radius 3 is 3.06 bits per heavy atom. The minimum Gasteiger partial charge on any atom is -0.480 e. The third kappa shape index (κ3) is 2.18. The van der Waals surface area contributed by atoms with Crippen LogP contribution in [0.25, 0.3) is 4.96 Å². The molecule has 0 saturated carbocycles. The zero-order valence-electron chi connectivity index (χ0n) is 9.27. The van der Waals surface area contributed by atoms with Crippen molar-refractivity contribution in [3.8, 4) is 0 Å². The fourth-order valence-electron chi connectivity index (χ4n) is 1.44. The molecule has 2 heterocycles. The molecule has 1 unspecified atom stereocenters. The van der Waals surface area contributed by atoms with Crippen molar-refractivity contribution < 1.29 is 14.8 Å². The lowest BCUT2D eigenvalue weighted by molar-refractivity contribution is -0.393. The van der Waals surface area contributed by atoms with Crippen LogP contribution in [0.1, 0.15) is 13.3 Å². The van der Waals surface area contributed by atoms with Gasteiger partial charge in [0.25, 0.3) is 4.96 Å². The molecule has 0 aromatic carbocycles. The molecule has 96 valence electrons. The molecule has 0 fully saturated rings. The van der Waals surface area contributed by atoms with Crippen LogP contribution in [0.5, 0.6) is 0 Å². The van der Waals surface area contributed by atoms with Crippen molar-refractivity contribution in [2.24, 2.45) is 0 Å². The predicted octanol–water partition coefficient (Wildman–Crippen LogP) is 2.26. The highest BCUT2D eigenvalue weighted by Crippen LogP contribution is 2.34. The van der Waals surface area contributed by atoms with Crippen LogP contribution in [0.4, 0.5) is 5.82 Å². The summed E-state index contributed by atoms with van der Waals surface area (Å²) in [5, 5.41) is 21.1. The molecule has 0 aliphatic rings. The summed E-state index contributed by atoms with van der Waals surface area (Å²) in [6, 6.07) is 0. The maximum Gasteiger partial charge on any atom is 0.362 e. The van der Waals surface area contributed by atoms with Gasteiger partial charge in [0, 0.05) is 5.38 Å². The zero-order chi connectivity index (χ0) is 13.3. The van der Waals surface area contributed by atoms with Crippen LogP contribution >= 0.6 is 23.1 Å². The molecule has 0 aliphatic heterocycles. The van der Waals surface area contributed by atoms with Crippen LogP contribution in [-0.2, 0) is 4.79 Å². The lowest BCUT2D eigenvalue weighted by atomic mass is 10.3. The minimum absolute atomic E-state index is 0.154. The van der Waals surface area contributed by atoms with E-state index in [-0.39, 0.29) is 10.8 Å². The van der Waals surface area contributed by atoms with Gasteiger partial charge in [0.2, 0.25) is 0 Å². The average molecular weight is 287 g/mol. The molecule has 0 radical (unpaired) electrons. The number of thioether (sulfide) groups is 1. The van der Waals surface area contributed by atoms with E-state index in [4.69, 9.17) is 5.11 Å². The van der Waals surface area contributed by atoms with Gasteiger partial charge in [-0.25, -0.2) is 0 Å². The molecule has 1 N–H and O–H groups in total. The fraction of sp³-hybridized carbons (Fsp3) is 0.333. The summed E-state index contributed by atoms with van der Waals surface area (Å²) >= 11 is 2.19. The van der Waals surface area contributed by atoms with E-state index in [0.717, 1.165) is 11.8 Å². The number of nitrogens with zero attached hydrogens (tertiary/aromatic N) is 3. The second kappa shape index (κ2) is 4.94. The summed E-state index contributed by atoms with van der Waals surface area (Å²) in [4.78, 5) is 26.0. The number of imidazole rings is 1. The molecule has 0 saturated heterocycles. The molecular weight excluding hydrogens is 278 g/mol. The van der Waals surface area contributed by atoms with Gasteiger partial charge in [0.15, 0.2) is 5.03 Å². The monoisotopic (exact) mass is 287 g/mol. The van der Waals surface area contributed by atoms with E-state index in [0.29, 0.717) is 11.4 Å². The third-order valence-electron chi connectivity index (χ3n) is 2.28. The highest BCUT2D eigenvalue weighted by atomic mass is 32.2. The van der Waals surface area contributed by atoms with Crippen LogP contribution in [0, 0.1) is 10.1 Å². The normalized spacial score (nSPS) is 12.7. The number of hydrogen-bond acceptors (Lipinski definition) is 6. The Labute approximate surface area is 110 Å². The van der Waals surface area contributed by atoms with E-state index in [1.807, 2.05) is 0 Å². The maximum absolute atomic E-state index is 11.0. The number of carboxylic acid groups (broad SMARTS) is 1. The average Bonchev–Trinajstić information content (AvgIpc) is 2.83. The molecule has 2 aromatic rings. The number of fused-ring (bicyclic) bond motifs is 1. The standard InChI is InChI=1S/C9H9N3O4S2/c1-2-5(8(13)14)18-6-7(12(15)16)11-3-4-17-9(11)10-6/h3-5H,2H2,1H3,(H,13,14). The molecule has 1 atom stereocenters. The van der Waals surface area contributed by atoms with Gasteiger partial charge in [-0.05, 0) is 11.3 Å². The number of thiazole rings is 1. The molecule has 2 rings (SSSR count). The van der Waals surface area contributed by atoms with Crippen molar-refractivity contribution in [2.75, 3.05) is 0 Å². The number of carboxylic acids is 1. The van der Waals surface area contributed by atoms with Crippen LogP contribution in [-0.4, -0.2) is 30.6 Å². The Morgan fingerprint density at radius 2 is 2.50 bits per heavy atom. The second-order valence-electron chi connectivity index (χ2n) is 3.41. The number of nitro groups is 1. The SMILES string of the molecule is CCC(Sc1nc2sccn2c1[N+](=O)[O-])C(=O)O. The van der Waals surface area contributed by atoms with Gasteiger partial charge in [-0.3, -0.25) is 4.79 Å². The first-order chi connectivity index (χ1) is 8.54. The van der Waals surface area contributed by atoms with Crippen LogP contribution in [0.2, 0.25) is 0 Å². The summed E-state index contributed by atoms with van der Waals surface area (Å²) in [7, 11) is 0. The van der Waals surface area contributed by atoms with E-state index in [9.17, 15) is 14.9 Å². The summed E-state index contributed by atoms with van der Waals surface area (Å²) in [5.74, 6) is -1.16. The van der Waals surface area contributed by atoms with E-state index in [2.05, 4.69) is 4.98 Å². The number of hydrogen-bond donors (Lipinski definition) is 1. The molecule has 9 heteroatoms. The molecule has 0 spiro atoms. The van der Waals surface area contributed by atoms with Crippen molar-refractivity contribution in [1.82, 2.24) is 9.38 Å². The number of aromatic nitrogens is 2. The fourth-order valence-corrected chi connectivity index (χ4v) is 3.16. The maximum atomic E-state index is 11.0. The quantitative estimate of drug-likeness (QED) is 0.514. The zero-order valence-corrected chi connectivity index (χ0v) is 10.9. The lowest BCUT2D eigenvalue weighted by Gasteiger charge is -2.06. The molecule has 0 aliphatic carbocycles. The Bertz CT molecular complexity index is 606. The Morgan fingerprint density at radius 1 is 1.78 bits per heavy atom. The topological polar surface area (TPSA) is 97.7 Å². The number of aliphatic carboxylic acids is 1. The van der Waals surface area contributed by atoms with E-state index in [1.54, 1.807) is 18.5 Å². The number of rotatable bonds is 5. The van der Waals surface area contributed by atoms with Gasteiger partial charge in [-0.15, -0.1) is 0 Å². The highest BCUT2D eigenvalue weighted by Gasteiger charge is 2.28. The summed E-state index contributed by atoms with van der Waals surface area (Å²) in [6.07, 6.45) is 1.93. The van der Waals surface area contributed by atoms with Crippen LogP contribution in [0.3, 0.4) is 0 Å². The first-order valence-electron chi connectivity index (χ1n) is 5.04. The third-order valence-corrected chi connectivity index (χ3v) is 4.35. The van der Waals surface area contributed by atoms with Crippen LogP contribution < -0.4 is 0 Å². The summed E-state index contributed by atoms with van der Waals surface area (Å²) in [5.41, 5.74) is 0. The van der Waals surface area contributed by atoms with Gasteiger partial charge in [0.1, 0.15) is 11.4 Å². The predicted molar refractivity (Wildman–Crippen MR) is 67.3 cm³/mol. The summed E-state index contributed by atoms with van der Waals surface area (Å²) in [6.45, 7) is 1.72. The van der Waals surface area contributed by atoms with Gasteiger partial charge >= 0.3 is 11.8 Å². The van der Waals surface area contributed by atoms with Gasteiger partial charge in [-0.1, -0.05) is 30.0 Å². The van der Waals surface area contributed by atoms with E-state index in [1.165, 1.54) is 15.7 Å². The minimum atomic E-state index is -0.992. The van der Waals surface area contributed by atoms with Crippen molar-refractivity contribution in [3.63, 3.8) is 0 Å². The van der Waals surface area contributed by atoms with Crippen molar-refractivity contribution >= 4 is 39.8 Å². The molecule has 18 heavy (non-hydrogen) atoms. The molecule has 2 aromatic heterocycles. The molecule has 0 bridgehead atoms. The molecular formula is C9H9N3O4S2. The van der Waals surface area contributed by atoms with E-state index < -0.39 is 16.1 Å². The molecule has 7 nitrogen and oxygen atoms in total. The van der Waals surface area contributed by atoms with Crippen molar-refractivity contribution in [2.45, 2.75) is 23.6 Å².